The fourth-order valence-electron chi connectivity index (χ4n) is 4.96. The summed E-state index contributed by atoms with van der Waals surface area (Å²) in [6.07, 6.45) is 8.55. The number of hydrogen-bond donors (Lipinski definition) is 2. The minimum absolute atomic E-state index is 0.207. The van der Waals surface area contributed by atoms with Gasteiger partial charge in [0.05, 0.1) is 40.6 Å². The monoisotopic (exact) mass is 527 g/mol. The number of thiophene rings is 1. The average molecular weight is 528 g/mol. The van der Waals surface area contributed by atoms with Crippen LogP contribution in [-0.4, -0.2) is 40.8 Å². The molecule has 2 N–H and O–H groups in total. The molecule has 1 aromatic carbocycles. The van der Waals surface area contributed by atoms with E-state index in [0.29, 0.717) is 46.8 Å². The van der Waals surface area contributed by atoms with E-state index in [9.17, 15) is 9.59 Å². The second-order valence-corrected chi connectivity index (χ2v) is 11.0. The van der Waals surface area contributed by atoms with Gasteiger partial charge in [-0.2, -0.15) is 5.10 Å². The molecule has 0 saturated heterocycles. The van der Waals surface area contributed by atoms with Crippen LogP contribution in [0.5, 0.6) is 5.75 Å². The summed E-state index contributed by atoms with van der Waals surface area (Å²) in [6.45, 7) is 1.96. The summed E-state index contributed by atoms with van der Waals surface area (Å²) in [5, 5.41) is 10.6. The number of amides is 2. The zero-order valence-corrected chi connectivity index (χ0v) is 21.8. The molecule has 1 fully saturated rings. The number of nitrogens with one attached hydrogen (secondary N) is 2. The highest BCUT2D eigenvalue weighted by molar-refractivity contribution is 7.14. The number of hydrogen-bond acceptors (Lipinski definition) is 6. The molecule has 190 valence electrons. The average Bonchev–Trinajstić information content (AvgIpc) is 3.62. The molecular weight excluding hydrogens is 498 g/mol. The van der Waals surface area contributed by atoms with Crippen LogP contribution in [0, 0.1) is 5.92 Å². The topological polar surface area (TPSA) is 88.5 Å². The molecule has 10 heteroatoms. The first kappa shape index (κ1) is 24.6. The molecule has 8 nitrogen and oxygen atoms in total. The van der Waals surface area contributed by atoms with E-state index in [4.69, 9.17) is 16.3 Å². The number of nitrogens with zero attached hydrogens (tertiary/aromatic N) is 3. The first-order chi connectivity index (χ1) is 17.5. The van der Waals surface area contributed by atoms with Crippen LogP contribution in [0.2, 0.25) is 5.02 Å². The summed E-state index contributed by atoms with van der Waals surface area (Å²) >= 11 is 7.75. The van der Waals surface area contributed by atoms with Crippen molar-refractivity contribution in [2.24, 2.45) is 13.0 Å². The van der Waals surface area contributed by atoms with E-state index >= 15 is 0 Å². The summed E-state index contributed by atoms with van der Waals surface area (Å²) in [5.41, 5.74) is 1.58. The second-order valence-electron chi connectivity index (χ2n) is 9.43. The smallest absolute Gasteiger partial charge is 0.262 e. The molecule has 2 aromatic heterocycles. The molecule has 3 aromatic rings. The van der Waals surface area contributed by atoms with Gasteiger partial charge in [-0.1, -0.05) is 43.4 Å². The highest BCUT2D eigenvalue weighted by atomic mass is 35.5. The highest BCUT2D eigenvalue weighted by Gasteiger charge is 2.28. The minimum Gasteiger partial charge on any atom is -0.488 e. The van der Waals surface area contributed by atoms with E-state index in [-0.39, 0.29) is 11.8 Å². The molecule has 3 heterocycles. The van der Waals surface area contributed by atoms with Gasteiger partial charge in [-0.05, 0) is 36.6 Å². The van der Waals surface area contributed by atoms with Gasteiger partial charge in [0.1, 0.15) is 12.6 Å². The molecule has 5 rings (SSSR count). The SMILES string of the molecule is Cn1cc(NC(=O)[C@H](CC2CCCC2)NC(=O)c2ccc(CN3CCOc4c(Cl)cccc43)s2)cn1. The fraction of sp³-hybridized carbons (Fsp3) is 0.423. The van der Waals surface area contributed by atoms with Crippen LogP contribution in [0.25, 0.3) is 0 Å². The molecule has 0 radical (unpaired) electrons. The van der Waals surface area contributed by atoms with Gasteiger partial charge in [0, 0.05) is 18.1 Å². The van der Waals surface area contributed by atoms with Crippen LogP contribution in [-0.2, 0) is 18.4 Å². The molecule has 1 aliphatic heterocycles. The summed E-state index contributed by atoms with van der Waals surface area (Å²) in [4.78, 5) is 30.1. The predicted molar refractivity (Wildman–Crippen MR) is 142 cm³/mol. The lowest BCUT2D eigenvalue weighted by molar-refractivity contribution is -0.118. The Morgan fingerprint density at radius 1 is 1.25 bits per heavy atom. The first-order valence-corrected chi connectivity index (χ1v) is 13.5. The third-order valence-corrected chi connectivity index (χ3v) is 8.13. The number of aromatic nitrogens is 2. The van der Waals surface area contributed by atoms with Gasteiger partial charge in [-0.3, -0.25) is 14.3 Å². The number of aryl methyl sites for hydroxylation is 1. The Hall–Kier alpha value is -3.04. The van der Waals surface area contributed by atoms with Gasteiger partial charge in [0.2, 0.25) is 5.91 Å². The Morgan fingerprint density at radius 3 is 2.86 bits per heavy atom. The third-order valence-electron chi connectivity index (χ3n) is 6.76. The highest BCUT2D eigenvalue weighted by Crippen LogP contribution is 2.38. The largest absolute Gasteiger partial charge is 0.488 e. The third kappa shape index (κ3) is 5.68. The maximum Gasteiger partial charge on any atom is 0.262 e. The van der Waals surface area contributed by atoms with E-state index in [1.165, 1.54) is 24.2 Å². The van der Waals surface area contributed by atoms with Crippen molar-refractivity contribution in [1.82, 2.24) is 15.1 Å². The van der Waals surface area contributed by atoms with Crippen molar-refractivity contribution in [1.29, 1.82) is 0 Å². The number of para-hydroxylation sites is 1. The Balaban J connectivity index is 1.26. The Kier molecular flexibility index (Phi) is 7.48. The maximum absolute atomic E-state index is 13.2. The molecular formula is C26H30ClN5O3S. The van der Waals surface area contributed by atoms with E-state index in [0.717, 1.165) is 30.0 Å². The number of anilines is 2. The lowest BCUT2D eigenvalue weighted by Gasteiger charge is -2.31. The fourth-order valence-corrected chi connectivity index (χ4v) is 6.11. The van der Waals surface area contributed by atoms with Crippen LogP contribution in [0.1, 0.15) is 46.7 Å². The molecule has 1 saturated carbocycles. The Bertz CT molecular complexity index is 1240. The van der Waals surface area contributed by atoms with Gasteiger partial charge < -0.3 is 20.3 Å². The minimum atomic E-state index is -0.598. The van der Waals surface area contributed by atoms with Gasteiger partial charge in [-0.25, -0.2) is 0 Å². The number of halogens is 1. The van der Waals surface area contributed by atoms with Crippen molar-refractivity contribution in [3.05, 3.63) is 57.5 Å². The lowest BCUT2D eigenvalue weighted by Crippen LogP contribution is -2.44. The van der Waals surface area contributed by atoms with Gasteiger partial charge in [0.25, 0.3) is 5.91 Å². The Morgan fingerprint density at radius 2 is 2.08 bits per heavy atom. The van der Waals surface area contributed by atoms with E-state index < -0.39 is 6.04 Å². The lowest BCUT2D eigenvalue weighted by atomic mass is 9.97. The molecule has 0 unspecified atom stereocenters. The zero-order valence-electron chi connectivity index (χ0n) is 20.2. The van der Waals surface area contributed by atoms with Gasteiger partial charge >= 0.3 is 0 Å². The van der Waals surface area contributed by atoms with Crippen molar-refractivity contribution < 1.29 is 14.3 Å². The number of carbonyl (C=O) groups excluding carboxylic acids is 2. The summed E-state index contributed by atoms with van der Waals surface area (Å²) in [5.74, 6) is 0.721. The summed E-state index contributed by atoms with van der Waals surface area (Å²) in [6, 6.07) is 8.94. The van der Waals surface area contributed by atoms with E-state index in [1.54, 1.807) is 24.1 Å². The molecule has 2 aliphatic rings. The number of rotatable bonds is 8. The predicted octanol–water partition coefficient (Wildman–Crippen LogP) is 4.85. The standard InChI is InChI=1S/C26H30ClN5O3S/c1-31-15-18(14-28-31)29-25(33)21(13-17-5-2-3-6-17)30-26(34)23-10-9-19(36-23)16-32-11-12-35-24-20(27)7-4-8-22(24)32/h4,7-10,14-15,17,21H,2-3,5-6,11-13,16H2,1H3,(H,29,33)(H,30,34)/t21-/m0/s1. The van der Waals surface area contributed by atoms with Gasteiger partial charge in [-0.15, -0.1) is 11.3 Å². The number of fused-ring (bicyclic) bond motifs is 1. The second kappa shape index (κ2) is 10.9. The molecule has 0 bridgehead atoms. The quantitative estimate of drug-likeness (QED) is 0.437. The van der Waals surface area contributed by atoms with Gasteiger partial charge in [0.15, 0.2) is 5.75 Å². The van der Waals surface area contributed by atoms with Crippen molar-refractivity contribution in [2.75, 3.05) is 23.4 Å². The maximum atomic E-state index is 13.2. The number of benzene rings is 1. The van der Waals surface area contributed by atoms with Crippen molar-refractivity contribution in [3.8, 4) is 5.75 Å². The summed E-state index contributed by atoms with van der Waals surface area (Å²) in [7, 11) is 1.80. The Labute approximate surface area is 219 Å². The molecule has 1 aliphatic carbocycles. The number of carbonyl (C=O) groups is 2. The van der Waals surface area contributed by atoms with Crippen molar-refractivity contribution in [3.63, 3.8) is 0 Å². The van der Waals surface area contributed by atoms with Crippen LogP contribution in [0.4, 0.5) is 11.4 Å². The van der Waals surface area contributed by atoms with Crippen molar-refractivity contribution >= 4 is 46.1 Å². The van der Waals surface area contributed by atoms with Crippen LogP contribution in [0.3, 0.4) is 0 Å². The normalized spacial score (nSPS) is 16.3. The molecule has 1 atom stereocenters. The van der Waals surface area contributed by atoms with Crippen molar-refractivity contribution in [2.45, 2.75) is 44.7 Å². The molecule has 36 heavy (non-hydrogen) atoms. The summed E-state index contributed by atoms with van der Waals surface area (Å²) < 4.78 is 7.39. The van der Waals surface area contributed by atoms with E-state index in [2.05, 4.69) is 20.6 Å². The van der Waals surface area contributed by atoms with Crippen LogP contribution >= 0.6 is 22.9 Å². The molecule has 0 spiro atoms. The number of ether oxygens (including phenoxy) is 1. The first-order valence-electron chi connectivity index (χ1n) is 12.3. The molecule has 2 amide bonds. The van der Waals surface area contributed by atoms with Crippen LogP contribution in [0.15, 0.2) is 42.7 Å². The van der Waals surface area contributed by atoms with E-state index in [1.807, 2.05) is 30.3 Å². The zero-order chi connectivity index (χ0) is 25.1. The van der Waals surface area contributed by atoms with Crippen LogP contribution < -0.4 is 20.3 Å².